The SMILES string of the molecule is Cc1nc2ccc(Br)cc2c(=O)n1N=Cc1cccc(OCc2cccc3ccccc23)c1. The van der Waals surface area contributed by atoms with Gasteiger partial charge in [0.15, 0.2) is 0 Å². The van der Waals surface area contributed by atoms with E-state index in [1.807, 2.05) is 54.6 Å². The largest absolute Gasteiger partial charge is 0.489 e. The van der Waals surface area contributed by atoms with E-state index in [0.29, 0.717) is 23.3 Å². The minimum Gasteiger partial charge on any atom is -0.489 e. The van der Waals surface area contributed by atoms with Gasteiger partial charge in [0.05, 0.1) is 17.1 Å². The van der Waals surface area contributed by atoms with Crippen LogP contribution in [0.15, 0.2) is 99.3 Å². The van der Waals surface area contributed by atoms with E-state index in [1.165, 1.54) is 15.4 Å². The van der Waals surface area contributed by atoms with E-state index in [1.54, 1.807) is 19.2 Å². The van der Waals surface area contributed by atoms with Gasteiger partial charge >= 0.3 is 0 Å². The quantitative estimate of drug-likeness (QED) is 0.276. The number of aryl methyl sites for hydroxylation is 1. The van der Waals surface area contributed by atoms with E-state index >= 15 is 0 Å². The average molecular weight is 498 g/mol. The Morgan fingerprint density at radius 2 is 1.79 bits per heavy atom. The van der Waals surface area contributed by atoms with Crippen molar-refractivity contribution in [3.63, 3.8) is 0 Å². The van der Waals surface area contributed by atoms with Crippen molar-refractivity contribution in [3.8, 4) is 5.75 Å². The molecule has 0 saturated carbocycles. The topological polar surface area (TPSA) is 56.5 Å². The van der Waals surface area contributed by atoms with Gasteiger partial charge in [-0.1, -0.05) is 70.5 Å². The zero-order valence-electron chi connectivity index (χ0n) is 17.9. The Morgan fingerprint density at radius 3 is 2.70 bits per heavy atom. The van der Waals surface area contributed by atoms with Crippen LogP contribution in [0.3, 0.4) is 0 Å². The lowest BCUT2D eigenvalue weighted by Gasteiger charge is -2.10. The number of halogens is 1. The summed E-state index contributed by atoms with van der Waals surface area (Å²) in [5.41, 5.74) is 2.39. The molecular weight excluding hydrogens is 478 g/mol. The first-order chi connectivity index (χ1) is 16.1. The van der Waals surface area contributed by atoms with Gasteiger partial charge in [0, 0.05) is 4.47 Å². The maximum atomic E-state index is 12.9. The molecular formula is C27H20BrN3O2. The first-order valence-electron chi connectivity index (χ1n) is 10.5. The number of rotatable bonds is 5. The third kappa shape index (κ3) is 4.43. The molecule has 0 fully saturated rings. The molecule has 0 radical (unpaired) electrons. The van der Waals surface area contributed by atoms with Gasteiger partial charge in [0.1, 0.15) is 18.2 Å². The Morgan fingerprint density at radius 1 is 0.970 bits per heavy atom. The second kappa shape index (κ2) is 9.00. The lowest BCUT2D eigenvalue weighted by Crippen LogP contribution is -2.20. The summed E-state index contributed by atoms with van der Waals surface area (Å²) in [4.78, 5) is 17.4. The predicted octanol–water partition coefficient (Wildman–Crippen LogP) is 6.08. The molecule has 0 N–H and O–H groups in total. The highest BCUT2D eigenvalue weighted by molar-refractivity contribution is 9.10. The summed E-state index contributed by atoms with van der Waals surface area (Å²) in [6, 6.07) is 27.6. The lowest BCUT2D eigenvalue weighted by atomic mass is 10.1. The van der Waals surface area contributed by atoms with E-state index in [9.17, 15) is 4.79 Å². The van der Waals surface area contributed by atoms with Crippen molar-refractivity contribution in [2.24, 2.45) is 5.10 Å². The third-order valence-corrected chi connectivity index (χ3v) is 5.92. The number of ether oxygens (including phenoxy) is 1. The Hall–Kier alpha value is -3.77. The molecule has 5 nitrogen and oxygen atoms in total. The molecule has 6 heteroatoms. The number of hydrogen-bond donors (Lipinski definition) is 0. The first-order valence-corrected chi connectivity index (χ1v) is 11.3. The van der Waals surface area contributed by atoms with Crippen LogP contribution in [0.1, 0.15) is 17.0 Å². The van der Waals surface area contributed by atoms with Crippen LogP contribution < -0.4 is 10.3 Å². The smallest absolute Gasteiger partial charge is 0.282 e. The number of aromatic nitrogens is 2. The van der Waals surface area contributed by atoms with Crippen LogP contribution in [-0.4, -0.2) is 15.9 Å². The van der Waals surface area contributed by atoms with E-state index in [-0.39, 0.29) is 5.56 Å². The monoisotopic (exact) mass is 497 g/mol. The molecule has 4 aromatic carbocycles. The van der Waals surface area contributed by atoms with Gasteiger partial charge in [-0.15, -0.1) is 0 Å². The van der Waals surface area contributed by atoms with Crippen molar-refractivity contribution >= 4 is 43.8 Å². The van der Waals surface area contributed by atoms with E-state index in [0.717, 1.165) is 21.3 Å². The van der Waals surface area contributed by atoms with Crippen molar-refractivity contribution in [3.05, 3.63) is 117 Å². The van der Waals surface area contributed by atoms with Gasteiger partial charge in [-0.25, -0.2) is 4.98 Å². The molecule has 1 heterocycles. The number of hydrogen-bond acceptors (Lipinski definition) is 4. The normalized spacial score (nSPS) is 11.5. The summed E-state index contributed by atoms with van der Waals surface area (Å²) in [5.74, 6) is 1.26. The second-order valence-electron chi connectivity index (χ2n) is 7.68. The van der Waals surface area contributed by atoms with Crippen LogP contribution in [0, 0.1) is 6.92 Å². The number of nitrogens with zero attached hydrogens (tertiary/aromatic N) is 3. The van der Waals surface area contributed by atoms with E-state index in [4.69, 9.17) is 4.74 Å². The fraction of sp³-hybridized carbons (Fsp3) is 0.0741. The summed E-state index contributed by atoms with van der Waals surface area (Å²) >= 11 is 3.41. The molecule has 5 rings (SSSR count). The van der Waals surface area contributed by atoms with Crippen LogP contribution in [0.25, 0.3) is 21.7 Å². The van der Waals surface area contributed by atoms with Gasteiger partial charge in [0.2, 0.25) is 0 Å². The molecule has 0 amide bonds. The summed E-state index contributed by atoms with van der Waals surface area (Å²) in [7, 11) is 0. The molecule has 33 heavy (non-hydrogen) atoms. The molecule has 5 aromatic rings. The van der Waals surface area contributed by atoms with Gasteiger partial charge in [-0.2, -0.15) is 9.78 Å². The molecule has 0 unspecified atom stereocenters. The molecule has 0 bridgehead atoms. The van der Waals surface area contributed by atoms with Gasteiger partial charge in [0.25, 0.3) is 5.56 Å². The molecule has 0 aliphatic heterocycles. The molecule has 0 aliphatic rings. The second-order valence-corrected chi connectivity index (χ2v) is 8.60. The fourth-order valence-corrected chi connectivity index (χ4v) is 4.15. The summed E-state index contributed by atoms with van der Waals surface area (Å²) in [5, 5.41) is 7.29. The Bertz CT molecular complexity index is 1570. The van der Waals surface area contributed by atoms with Crippen LogP contribution in [0.2, 0.25) is 0 Å². The lowest BCUT2D eigenvalue weighted by molar-refractivity contribution is 0.307. The zero-order valence-corrected chi connectivity index (χ0v) is 19.5. The van der Waals surface area contributed by atoms with E-state index < -0.39 is 0 Å². The minimum atomic E-state index is -0.210. The number of benzene rings is 4. The Kier molecular flexibility index (Phi) is 5.75. The number of fused-ring (bicyclic) bond motifs is 2. The van der Waals surface area contributed by atoms with Crippen molar-refractivity contribution in [2.75, 3.05) is 0 Å². The van der Waals surface area contributed by atoms with Crippen molar-refractivity contribution in [1.29, 1.82) is 0 Å². The van der Waals surface area contributed by atoms with Crippen molar-refractivity contribution in [2.45, 2.75) is 13.5 Å². The molecule has 0 atom stereocenters. The van der Waals surface area contributed by atoms with Crippen molar-refractivity contribution < 1.29 is 4.74 Å². The predicted molar refractivity (Wildman–Crippen MR) is 136 cm³/mol. The fourth-order valence-electron chi connectivity index (χ4n) is 3.78. The molecule has 0 spiro atoms. The molecule has 1 aromatic heterocycles. The van der Waals surface area contributed by atoms with Gasteiger partial charge in [-0.3, -0.25) is 4.79 Å². The average Bonchev–Trinajstić information content (AvgIpc) is 2.83. The maximum absolute atomic E-state index is 12.9. The van der Waals surface area contributed by atoms with Crippen LogP contribution in [0.4, 0.5) is 0 Å². The van der Waals surface area contributed by atoms with Gasteiger partial charge < -0.3 is 4.74 Å². The highest BCUT2D eigenvalue weighted by Crippen LogP contribution is 2.21. The van der Waals surface area contributed by atoms with Crippen molar-refractivity contribution in [1.82, 2.24) is 9.66 Å². The van der Waals surface area contributed by atoms with Crippen LogP contribution in [-0.2, 0) is 6.61 Å². The van der Waals surface area contributed by atoms with Crippen LogP contribution in [0.5, 0.6) is 5.75 Å². The summed E-state index contributed by atoms with van der Waals surface area (Å²) in [6.45, 7) is 2.23. The summed E-state index contributed by atoms with van der Waals surface area (Å²) in [6.07, 6.45) is 1.64. The van der Waals surface area contributed by atoms with Crippen LogP contribution >= 0.6 is 15.9 Å². The highest BCUT2D eigenvalue weighted by atomic mass is 79.9. The van der Waals surface area contributed by atoms with E-state index in [2.05, 4.69) is 50.3 Å². The van der Waals surface area contributed by atoms with Gasteiger partial charge in [-0.05, 0) is 59.2 Å². The maximum Gasteiger partial charge on any atom is 0.282 e. The molecule has 162 valence electrons. The zero-order chi connectivity index (χ0) is 22.8. The highest BCUT2D eigenvalue weighted by Gasteiger charge is 2.08. The minimum absolute atomic E-state index is 0.210. The molecule has 0 saturated heterocycles. The molecule has 0 aliphatic carbocycles. The standard InChI is InChI=1S/C27H20BrN3O2/c1-18-30-26-13-12-22(28)15-25(26)27(32)31(18)29-16-19-6-4-10-23(14-19)33-17-21-9-5-8-20-7-2-3-11-24(20)21/h2-16H,17H2,1H3. The summed E-state index contributed by atoms with van der Waals surface area (Å²) < 4.78 is 8.20. The Labute approximate surface area is 199 Å². The third-order valence-electron chi connectivity index (χ3n) is 5.42. The Balaban J connectivity index is 1.39. The first kappa shape index (κ1) is 21.1.